The molecule has 0 aliphatic carbocycles. The molecule has 0 fully saturated rings. The molecule has 9 heteroatoms. The minimum atomic E-state index is -0.0850. The second kappa shape index (κ2) is 13.0. The summed E-state index contributed by atoms with van der Waals surface area (Å²) in [7, 11) is 3.59. The van der Waals surface area contributed by atoms with Gasteiger partial charge in [0, 0.05) is 13.1 Å². The van der Waals surface area contributed by atoms with Crippen molar-refractivity contribution in [3.63, 3.8) is 0 Å². The normalized spacial score (nSPS) is 12.9. The van der Waals surface area contributed by atoms with Crippen LogP contribution in [0.5, 0.6) is 11.5 Å². The standard InChI is InChI=1S/C24H32N6O2.HI/c1-17(32-22-13-9-12-21(14-22)31-5)15-25-24(26-16-23-29-28-19(3)30(23)4)27-18(2)20-10-7-6-8-11-20;/h6-14,17-18H,15-16H2,1-5H3,(H2,25,26,27);1H. The van der Waals surface area contributed by atoms with Gasteiger partial charge in [-0.05, 0) is 38.5 Å². The van der Waals surface area contributed by atoms with Crippen molar-refractivity contribution in [3.05, 3.63) is 71.8 Å². The number of halogens is 1. The van der Waals surface area contributed by atoms with Crippen LogP contribution in [0.15, 0.2) is 59.6 Å². The maximum absolute atomic E-state index is 6.03. The zero-order chi connectivity index (χ0) is 22.9. The lowest BCUT2D eigenvalue weighted by atomic mass is 10.1. The Bertz CT molecular complexity index is 1020. The number of ether oxygens (including phenoxy) is 2. The monoisotopic (exact) mass is 564 g/mol. The number of nitrogens with one attached hydrogen (secondary N) is 2. The molecular formula is C24H33IN6O2. The lowest BCUT2D eigenvalue weighted by Gasteiger charge is -2.21. The fraction of sp³-hybridized carbons (Fsp3) is 0.375. The van der Waals surface area contributed by atoms with Crippen molar-refractivity contribution in [2.24, 2.45) is 12.0 Å². The van der Waals surface area contributed by atoms with E-state index in [1.54, 1.807) is 7.11 Å². The average Bonchev–Trinajstić information content (AvgIpc) is 3.13. The van der Waals surface area contributed by atoms with Gasteiger partial charge in [-0.25, -0.2) is 4.99 Å². The quantitative estimate of drug-likeness (QED) is 0.232. The molecule has 0 bridgehead atoms. The lowest BCUT2D eigenvalue weighted by Crippen LogP contribution is -2.42. The molecule has 0 saturated heterocycles. The van der Waals surface area contributed by atoms with E-state index in [9.17, 15) is 0 Å². The van der Waals surface area contributed by atoms with E-state index in [1.807, 2.05) is 67.9 Å². The third-order valence-corrected chi connectivity index (χ3v) is 5.15. The highest BCUT2D eigenvalue weighted by atomic mass is 127. The highest BCUT2D eigenvalue weighted by Crippen LogP contribution is 2.19. The van der Waals surface area contributed by atoms with Gasteiger partial charge in [-0.15, -0.1) is 34.2 Å². The first-order valence-corrected chi connectivity index (χ1v) is 10.7. The molecule has 0 amide bonds. The summed E-state index contributed by atoms with van der Waals surface area (Å²) in [5, 5.41) is 15.2. The Morgan fingerprint density at radius 1 is 1.06 bits per heavy atom. The lowest BCUT2D eigenvalue weighted by molar-refractivity contribution is 0.222. The molecule has 2 aromatic carbocycles. The Balaban J connectivity index is 0.00000385. The van der Waals surface area contributed by atoms with E-state index in [1.165, 1.54) is 5.56 Å². The highest BCUT2D eigenvalue weighted by molar-refractivity contribution is 14.0. The first-order valence-electron chi connectivity index (χ1n) is 10.7. The van der Waals surface area contributed by atoms with Crippen LogP contribution in [0.1, 0.15) is 37.1 Å². The van der Waals surface area contributed by atoms with E-state index < -0.39 is 0 Å². The van der Waals surface area contributed by atoms with Gasteiger partial charge in [-0.3, -0.25) is 0 Å². The van der Waals surface area contributed by atoms with Crippen molar-refractivity contribution < 1.29 is 9.47 Å². The number of aromatic nitrogens is 3. The van der Waals surface area contributed by atoms with Gasteiger partial charge in [0.15, 0.2) is 11.8 Å². The van der Waals surface area contributed by atoms with Gasteiger partial charge in [0.25, 0.3) is 0 Å². The maximum Gasteiger partial charge on any atom is 0.192 e. The predicted molar refractivity (Wildman–Crippen MR) is 141 cm³/mol. The molecular weight excluding hydrogens is 531 g/mol. The first-order chi connectivity index (χ1) is 15.5. The summed E-state index contributed by atoms with van der Waals surface area (Å²) in [5.41, 5.74) is 1.18. The summed E-state index contributed by atoms with van der Waals surface area (Å²) in [6.07, 6.45) is -0.0850. The second-order valence-corrected chi connectivity index (χ2v) is 7.65. The molecule has 33 heavy (non-hydrogen) atoms. The summed E-state index contributed by atoms with van der Waals surface area (Å²) < 4.78 is 13.2. The van der Waals surface area contributed by atoms with Crippen molar-refractivity contribution in [2.75, 3.05) is 13.7 Å². The molecule has 0 spiro atoms. The Morgan fingerprint density at radius 3 is 2.45 bits per heavy atom. The number of hydrogen-bond acceptors (Lipinski definition) is 5. The van der Waals surface area contributed by atoms with Crippen LogP contribution in [0.4, 0.5) is 0 Å². The van der Waals surface area contributed by atoms with Crippen LogP contribution in [0, 0.1) is 6.92 Å². The van der Waals surface area contributed by atoms with Crippen LogP contribution in [0.3, 0.4) is 0 Å². The molecule has 2 N–H and O–H groups in total. The van der Waals surface area contributed by atoms with Crippen molar-refractivity contribution >= 4 is 29.9 Å². The first kappa shape index (κ1) is 26.4. The van der Waals surface area contributed by atoms with Gasteiger partial charge in [-0.2, -0.15) is 0 Å². The summed E-state index contributed by atoms with van der Waals surface area (Å²) in [6, 6.07) is 17.9. The smallest absolute Gasteiger partial charge is 0.192 e. The number of nitrogens with zero attached hydrogens (tertiary/aromatic N) is 4. The Morgan fingerprint density at radius 2 is 1.79 bits per heavy atom. The van der Waals surface area contributed by atoms with E-state index >= 15 is 0 Å². The van der Waals surface area contributed by atoms with Gasteiger partial charge in [0.1, 0.15) is 30.0 Å². The predicted octanol–water partition coefficient (Wildman–Crippen LogP) is 4.01. The molecule has 2 unspecified atom stereocenters. The molecule has 0 saturated carbocycles. The van der Waals surface area contributed by atoms with Crippen molar-refractivity contribution in [3.8, 4) is 11.5 Å². The third-order valence-electron chi connectivity index (χ3n) is 5.15. The number of guanidine groups is 1. The molecule has 3 aromatic rings. The number of hydrogen-bond donors (Lipinski definition) is 2. The van der Waals surface area contributed by atoms with Gasteiger partial charge in [0.05, 0.1) is 19.7 Å². The number of methoxy groups -OCH3 is 1. The van der Waals surface area contributed by atoms with Crippen LogP contribution < -0.4 is 20.1 Å². The topological polar surface area (TPSA) is 85.6 Å². The average molecular weight is 564 g/mol. The minimum Gasteiger partial charge on any atom is -0.497 e. The summed E-state index contributed by atoms with van der Waals surface area (Å²) in [4.78, 5) is 4.74. The molecule has 1 aromatic heterocycles. The van der Waals surface area contributed by atoms with E-state index in [-0.39, 0.29) is 36.1 Å². The van der Waals surface area contributed by atoms with Crippen LogP contribution in [0.25, 0.3) is 0 Å². The Kier molecular flexibility index (Phi) is 10.4. The number of aliphatic imine (C=N–C) groups is 1. The zero-order valence-electron chi connectivity index (χ0n) is 19.8. The Labute approximate surface area is 212 Å². The molecule has 3 rings (SSSR count). The summed E-state index contributed by atoms with van der Waals surface area (Å²) >= 11 is 0. The van der Waals surface area contributed by atoms with E-state index in [4.69, 9.17) is 14.5 Å². The van der Waals surface area contributed by atoms with E-state index in [0.29, 0.717) is 19.0 Å². The van der Waals surface area contributed by atoms with Gasteiger partial charge in [0.2, 0.25) is 0 Å². The summed E-state index contributed by atoms with van der Waals surface area (Å²) in [6.45, 7) is 7.03. The number of benzene rings is 2. The second-order valence-electron chi connectivity index (χ2n) is 7.65. The molecule has 2 atom stereocenters. The van der Waals surface area contributed by atoms with E-state index in [2.05, 4.69) is 39.9 Å². The Hall–Kier alpha value is -2.82. The van der Waals surface area contributed by atoms with Crippen LogP contribution >= 0.6 is 24.0 Å². The largest absolute Gasteiger partial charge is 0.497 e. The molecule has 1 heterocycles. The van der Waals surface area contributed by atoms with Crippen molar-refractivity contribution in [1.82, 2.24) is 25.4 Å². The van der Waals surface area contributed by atoms with Crippen LogP contribution in [-0.2, 0) is 13.6 Å². The molecule has 8 nitrogen and oxygen atoms in total. The fourth-order valence-corrected chi connectivity index (χ4v) is 3.11. The van der Waals surface area contributed by atoms with Gasteiger partial charge in [-0.1, -0.05) is 36.4 Å². The van der Waals surface area contributed by atoms with Crippen molar-refractivity contribution in [1.29, 1.82) is 0 Å². The van der Waals surface area contributed by atoms with Crippen molar-refractivity contribution in [2.45, 2.75) is 39.5 Å². The molecule has 178 valence electrons. The molecule has 0 aliphatic rings. The molecule has 0 radical (unpaired) electrons. The maximum atomic E-state index is 6.03. The summed E-state index contributed by atoms with van der Waals surface area (Å²) in [5.74, 6) is 3.87. The fourth-order valence-electron chi connectivity index (χ4n) is 3.11. The SMILES string of the molecule is COc1cccc(OC(C)CNC(=NCc2nnc(C)n2C)NC(C)c2ccccc2)c1.I. The van der Waals surface area contributed by atoms with E-state index in [0.717, 1.165) is 23.1 Å². The minimum absolute atomic E-state index is 0. The zero-order valence-corrected chi connectivity index (χ0v) is 22.1. The van der Waals surface area contributed by atoms with Gasteiger partial charge < -0.3 is 24.7 Å². The van der Waals surface area contributed by atoms with Crippen LogP contribution in [-0.4, -0.2) is 40.5 Å². The third kappa shape index (κ3) is 7.92. The molecule has 0 aliphatic heterocycles. The van der Waals surface area contributed by atoms with Gasteiger partial charge >= 0.3 is 0 Å². The number of rotatable bonds is 9. The van der Waals surface area contributed by atoms with Crippen LogP contribution in [0.2, 0.25) is 0 Å². The highest BCUT2D eigenvalue weighted by Gasteiger charge is 2.12. The number of aryl methyl sites for hydroxylation is 1.